The number of para-hydroxylation sites is 1. The molecule has 0 radical (unpaired) electrons. The van der Waals surface area contributed by atoms with Crippen LogP contribution in [0.5, 0.6) is 0 Å². The SMILES string of the molecule is c1ccc(N(c2ccc(-c3ccc4ccccc4c3)cc2)c2ccc3c(c2)sc2ccc4sc5c6ccccc6ccc5c4c23)cc1. The largest absolute Gasteiger partial charge is 0.310 e. The summed E-state index contributed by atoms with van der Waals surface area (Å²) in [5.41, 5.74) is 5.88. The molecule has 8 aromatic carbocycles. The molecule has 0 saturated heterocycles. The fourth-order valence-electron chi connectivity index (χ4n) is 7.18. The molecular formula is C44H27NS2. The molecule has 3 heteroatoms. The smallest absolute Gasteiger partial charge is 0.0476 e. The minimum absolute atomic E-state index is 1.14. The Morgan fingerprint density at radius 1 is 0.340 bits per heavy atom. The zero-order chi connectivity index (χ0) is 30.9. The molecule has 10 aromatic rings. The van der Waals surface area contributed by atoms with Gasteiger partial charge in [0.25, 0.3) is 0 Å². The lowest BCUT2D eigenvalue weighted by Gasteiger charge is -2.25. The van der Waals surface area contributed by atoms with Gasteiger partial charge in [-0.05, 0) is 87.3 Å². The van der Waals surface area contributed by atoms with Crippen LogP contribution in [0.1, 0.15) is 0 Å². The monoisotopic (exact) mass is 633 g/mol. The Hall–Kier alpha value is -5.48. The van der Waals surface area contributed by atoms with Crippen molar-refractivity contribution in [2.45, 2.75) is 0 Å². The fourth-order valence-corrected chi connectivity index (χ4v) is 9.58. The van der Waals surface area contributed by atoms with Gasteiger partial charge >= 0.3 is 0 Å². The molecule has 0 aliphatic rings. The maximum atomic E-state index is 2.38. The summed E-state index contributed by atoms with van der Waals surface area (Å²) in [5, 5.41) is 10.6. The molecule has 220 valence electrons. The first-order valence-corrected chi connectivity index (χ1v) is 17.6. The Labute approximate surface area is 280 Å². The lowest BCUT2D eigenvalue weighted by Crippen LogP contribution is -2.09. The summed E-state index contributed by atoms with van der Waals surface area (Å²) in [5.74, 6) is 0. The van der Waals surface area contributed by atoms with Crippen LogP contribution in [0.2, 0.25) is 0 Å². The van der Waals surface area contributed by atoms with Crippen LogP contribution in [0.25, 0.3) is 73.0 Å². The summed E-state index contributed by atoms with van der Waals surface area (Å²) in [4.78, 5) is 2.37. The van der Waals surface area contributed by atoms with Gasteiger partial charge in [0.2, 0.25) is 0 Å². The van der Waals surface area contributed by atoms with Crippen molar-refractivity contribution in [1.29, 1.82) is 0 Å². The molecule has 0 amide bonds. The van der Waals surface area contributed by atoms with Gasteiger partial charge in [0.15, 0.2) is 0 Å². The molecule has 0 spiro atoms. The van der Waals surface area contributed by atoms with Gasteiger partial charge in [-0.3, -0.25) is 0 Å². The Balaban J connectivity index is 1.11. The summed E-state index contributed by atoms with van der Waals surface area (Å²) in [6.45, 7) is 0. The quantitative estimate of drug-likeness (QED) is 0.186. The van der Waals surface area contributed by atoms with Gasteiger partial charge in [-0.1, -0.05) is 109 Å². The van der Waals surface area contributed by atoms with Crippen LogP contribution in [-0.2, 0) is 0 Å². The second kappa shape index (κ2) is 10.5. The molecule has 0 saturated carbocycles. The fraction of sp³-hybridized carbons (Fsp3) is 0. The van der Waals surface area contributed by atoms with Crippen LogP contribution in [0, 0.1) is 0 Å². The van der Waals surface area contributed by atoms with Gasteiger partial charge in [0.1, 0.15) is 0 Å². The van der Waals surface area contributed by atoms with Gasteiger partial charge in [-0.2, -0.15) is 0 Å². The highest BCUT2D eigenvalue weighted by atomic mass is 32.1. The second-order valence-corrected chi connectivity index (χ2v) is 14.3. The van der Waals surface area contributed by atoms with E-state index in [-0.39, 0.29) is 0 Å². The van der Waals surface area contributed by atoms with Crippen LogP contribution in [0.15, 0.2) is 164 Å². The first-order chi connectivity index (χ1) is 23.3. The Bertz CT molecular complexity index is 2790. The Morgan fingerprint density at radius 2 is 0.957 bits per heavy atom. The molecular weight excluding hydrogens is 607 g/mol. The summed E-state index contributed by atoms with van der Waals surface area (Å²) in [6.07, 6.45) is 0. The standard InChI is InChI=1S/C44H27NS2/c1-2-11-33(12-3-1)45(34-19-16-29(17-20-34)32-15-14-28-8-4-5-10-31(28)26-32)35-21-23-37-41(27-35)46-39-24-25-40-43(42(37)39)38-22-18-30-9-6-7-13-36(30)44(38)47-40/h1-27H. The highest BCUT2D eigenvalue weighted by Gasteiger charge is 2.18. The number of fused-ring (bicyclic) bond motifs is 10. The lowest BCUT2D eigenvalue weighted by molar-refractivity contribution is 1.29. The average Bonchev–Trinajstić information content (AvgIpc) is 3.70. The zero-order valence-corrected chi connectivity index (χ0v) is 27.0. The number of benzene rings is 8. The minimum Gasteiger partial charge on any atom is -0.310 e. The van der Waals surface area contributed by atoms with E-state index in [1.165, 1.54) is 73.0 Å². The van der Waals surface area contributed by atoms with Crippen LogP contribution in [0.4, 0.5) is 17.1 Å². The van der Waals surface area contributed by atoms with Crippen molar-refractivity contribution in [2.75, 3.05) is 4.90 Å². The van der Waals surface area contributed by atoms with E-state index in [9.17, 15) is 0 Å². The van der Waals surface area contributed by atoms with E-state index < -0.39 is 0 Å². The molecule has 0 N–H and O–H groups in total. The van der Waals surface area contributed by atoms with E-state index in [4.69, 9.17) is 0 Å². The van der Waals surface area contributed by atoms with Gasteiger partial charge in [-0.25, -0.2) is 0 Å². The number of thiophene rings is 2. The maximum Gasteiger partial charge on any atom is 0.0476 e. The summed E-state index contributed by atoms with van der Waals surface area (Å²) < 4.78 is 5.37. The van der Waals surface area contributed by atoms with Crippen molar-refractivity contribution in [3.8, 4) is 11.1 Å². The van der Waals surface area contributed by atoms with Gasteiger partial charge in [0.05, 0.1) is 0 Å². The summed E-state index contributed by atoms with van der Waals surface area (Å²) >= 11 is 3.81. The minimum atomic E-state index is 1.14. The number of nitrogens with zero attached hydrogens (tertiary/aromatic N) is 1. The van der Waals surface area contributed by atoms with E-state index in [2.05, 4.69) is 169 Å². The molecule has 0 fully saturated rings. The number of rotatable bonds is 4. The van der Waals surface area contributed by atoms with Crippen molar-refractivity contribution in [3.05, 3.63) is 164 Å². The van der Waals surface area contributed by atoms with Crippen molar-refractivity contribution in [2.24, 2.45) is 0 Å². The molecule has 0 aliphatic heterocycles. The van der Waals surface area contributed by atoms with E-state index in [1.54, 1.807) is 0 Å². The van der Waals surface area contributed by atoms with Crippen molar-refractivity contribution in [3.63, 3.8) is 0 Å². The van der Waals surface area contributed by atoms with Crippen molar-refractivity contribution in [1.82, 2.24) is 0 Å². The van der Waals surface area contributed by atoms with Gasteiger partial charge in [-0.15, -0.1) is 22.7 Å². The molecule has 0 atom stereocenters. The van der Waals surface area contributed by atoms with E-state index in [1.807, 2.05) is 22.7 Å². The molecule has 10 rings (SSSR count). The van der Waals surface area contributed by atoms with Crippen LogP contribution >= 0.6 is 22.7 Å². The van der Waals surface area contributed by atoms with Crippen LogP contribution in [-0.4, -0.2) is 0 Å². The van der Waals surface area contributed by atoms with E-state index in [0.717, 1.165) is 17.1 Å². The molecule has 47 heavy (non-hydrogen) atoms. The first-order valence-electron chi connectivity index (χ1n) is 15.9. The highest BCUT2D eigenvalue weighted by molar-refractivity contribution is 7.28. The normalized spacial score (nSPS) is 11.8. The third-order valence-electron chi connectivity index (χ3n) is 9.43. The predicted molar refractivity (Wildman–Crippen MR) is 207 cm³/mol. The Morgan fingerprint density at radius 3 is 1.81 bits per heavy atom. The highest BCUT2D eigenvalue weighted by Crippen LogP contribution is 2.47. The molecule has 2 aromatic heterocycles. The molecule has 2 heterocycles. The topological polar surface area (TPSA) is 3.24 Å². The van der Waals surface area contributed by atoms with E-state index in [0.29, 0.717) is 0 Å². The van der Waals surface area contributed by atoms with Crippen LogP contribution in [0.3, 0.4) is 0 Å². The summed E-state index contributed by atoms with van der Waals surface area (Å²) in [6, 6.07) is 60.0. The van der Waals surface area contributed by atoms with Crippen LogP contribution < -0.4 is 4.90 Å². The predicted octanol–water partition coefficient (Wildman–Crippen LogP) is 13.9. The second-order valence-electron chi connectivity index (χ2n) is 12.1. The summed E-state index contributed by atoms with van der Waals surface area (Å²) in [7, 11) is 0. The third kappa shape index (κ3) is 4.28. The van der Waals surface area contributed by atoms with Gasteiger partial charge in [0, 0.05) is 57.4 Å². The maximum absolute atomic E-state index is 2.38. The zero-order valence-electron chi connectivity index (χ0n) is 25.4. The Kier molecular flexibility index (Phi) is 5.98. The first kappa shape index (κ1) is 26.7. The number of hydrogen-bond donors (Lipinski definition) is 0. The van der Waals surface area contributed by atoms with E-state index >= 15 is 0 Å². The number of anilines is 3. The molecule has 1 nitrogen and oxygen atoms in total. The molecule has 0 unspecified atom stereocenters. The van der Waals surface area contributed by atoms with Crippen molar-refractivity contribution >= 4 is 102 Å². The lowest BCUT2D eigenvalue weighted by atomic mass is 10.0. The molecule has 0 aliphatic carbocycles. The average molecular weight is 634 g/mol. The third-order valence-corrected chi connectivity index (χ3v) is 11.7. The molecule has 0 bridgehead atoms. The number of hydrogen-bond acceptors (Lipinski definition) is 3. The van der Waals surface area contributed by atoms with Crippen molar-refractivity contribution < 1.29 is 0 Å². The van der Waals surface area contributed by atoms with Gasteiger partial charge < -0.3 is 4.90 Å².